The van der Waals surface area contributed by atoms with Crippen molar-refractivity contribution in [2.75, 3.05) is 26.2 Å². The molecule has 0 aromatic heterocycles. The van der Waals surface area contributed by atoms with Gasteiger partial charge in [-0.15, -0.1) is 0 Å². The summed E-state index contributed by atoms with van der Waals surface area (Å²) < 4.78 is 0. The maximum absolute atomic E-state index is 12.7. The topological polar surface area (TPSA) is 69.7 Å². The molecule has 138 valence electrons. The van der Waals surface area contributed by atoms with Crippen LogP contribution in [0.5, 0.6) is 0 Å². The highest BCUT2D eigenvalue weighted by atomic mass is 16.2. The van der Waals surface area contributed by atoms with E-state index in [2.05, 4.69) is 5.32 Å². The fourth-order valence-electron chi connectivity index (χ4n) is 2.95. The summed E-state index contributed by atoms with van der Waals surface area (Å²) >= 11 is 0. The Labute approximate surface area is 145 Å². The van der Waals surface area contributed by atoms with Gasteiger partial charge in [-0.25, -0.2) is 0 Å². The molecule has 3 amide bonds. The third-order valence-corrected chi connectivity index (χ3v) is 4.25. The molecule has 24 heavy (non-hydrogen) atoms. The van der Waals surface area contributed by atoms with Gasteiger partial charge in [-0.05, 0) is 33.6 Å². The van der Waals surface area contributed by atoms with Crippen LogP contribution >= 0.6 is 0 Å². The van der Waals surface area contributed by atoms with Crippen molar-refractivity contribution in [3.05, 3.63) is 0 Å². The zero-order valence-electron chi connectivity index (χ0n) is 16.0. The predicted molar refractivity (Wildman–Crippen MR) is 94.3 cm³/mol. The van der Waals surface area contributed by atoms with Gasteiger partial charge in [-0.1, -0.05) is 20.8 Å². The van der Waals surface area contributed by atoms with Gasteiger partial charge < -0.3 is 15.1 Å². The van der Waals surface area contributed by atoms with Crippen molar-refractivity contribution in [3.63, 3.8) is 0 Å². The highest BCUT2D eigenvalue weighted by Crippen LogP contribution is 2.24. The first kappa shape index (κ1) is 20.5. The number of likely N-dealkylation sites (N-methyl/N-ethyl adjacent to an activating group) is 1. The molecule has 6 heteroatoms. The molecule has 0 bridgehead atoms. The molecule has 0 atom stereocenters. The van der Waals surface area contributed by atoms with Gasteiger partial charge in [0.15, 0.2) is 0 Å². The Morgan fingerprint density at radius 1 is 1.17 bits per heavy atom. The minimum Gasteiger partial charge on any atom is -0.352 e. The van der Waals surface area contributed by atoms with Crippen molar-refractivity contribution in [1.29, 1.82) is 0 Å². The number of nitrogens with one attached hydrogen (secondary N) is 1. The number of rotatable bonds is 5. The SMILES string of the molecule is CCN(CC(=O)NC(C)C)C(=O)C1CCN(C(=O)C(C)(C)C)CC1. The largest absolute Gasteiger partial charge is 0.352 e. The van der Waals surface area contributed by atoms with Crippen LogP contribution in [-0.2, 0) is 14.4 Å². The molecule has 1 rings (SSSR count). The summed E-state index contributed by atoms with van der Waals surface area (Å²) in [5.74, 6) is -0.0577. The van der Waals surface area contributed by atoms with Crippen LogP contribution in [0, 0.1) is 11.3 Å². The summed E-state index contributed by atoms with van der Waals surface area (Å²) in [7, 11) is 0. The van der Waals surface area contributed by atoms with Crippen LogP contribution in [0.15, 0.2) is 0 Å². The Morgan fingerprint density at radius 3 is 2.12 bits per heavy atom. The van der Waals surface area contributed by atoms with Crippen molar-refractivity contribution < 1.29 is 14.4 Å². The maximum atomic E-state index is 12.7. The molecule has 1 fully saturated rings. The number of hydrogen-bond acceptors (Lipinski definition) is 3. The Bertz CT molecular complexity index is 461. The highest BCUT2D eigenvalue weighted by molar-refractivity contribution is 5.86. The molecule has 1 saturated heterocycles. The van der Waals surface area contributed by atoms with E-state index in [9.17, 15) is 14.4 Å². The quantitative estimate of drug-likeness (QED) is 0.828. The number of hydrogen-bond donors (Lipinski definition) is 1. The van der Waals surface area contributed by atoms with Crippen LogP contribution < -0.4 is 5.32 Å². The molecule has 6 nitrogen and oxygen atoms in total. The molecule has 1 heterocycles. The van der Waals surface area contributed by atoms with Crippen LogP contribution in [0.3, 0.4) is 0 Å². The second-order valence-electron chi connectivity index (χ2n) is 7.89. The lowest BCUT2D eigenvalue weighted by molar-refractivity contribution is -0.145. The van der Waals surface area contributed by atoms with Gasteiger partial charge >= 0.3 is 0 Å². The molecule has 0 aliphatic carbocycles. The summed E-state index contributed by atoms with van der Waals surface area (Å²) in [6, 6.07) is 0.0676. The number of nitrogens with zero attached hydrogens (tertiary/aromatic N) is 2. The van der Waals surface area contributed by atoms with E-state index in [1.54, 1.807) is 4.90 Å². The van der Waals surface area contributed by atoms with Crippen LogP contribution in [-0.4, -0.2) is 59.7 Å². The Balaban J connectivity index is 2.57. The standard InChI is InChI=1S/C18H33N3O3/c1-7-20(12-15(22)19-13(2)3)16(23)14-8-10-21(11-9-14)17(24)18(4,5)6/h13-14H,7-12H2,1-6H3,(H,19,22). The molecular formula is C18H33N3O3. The van der Waals surface area contributed by atoms with Crippen LogP contribution in [0.25, 0.3) is 0 Å². The van der Waals surface area contributed by atoms with Gasteiger partial charge in [0.25, 0.3) is 0 Å². The second kappa shape index (κ2) is 8.49. The maximum Gasteiger partial charge on any atom is 0.239 e. The third-order valence-electron chi connectivity index (χ3n) is 4.25. The monoisotopic (exact) mass is 339 g/mol. The van der Waals surface area contributed by atoms with E-state index in [0.717, 1.165) is 0 Å². The zero-order chi connectivity index (χ0) is 18.5. The van der Waals surface area contributed by atoms with E-state index >= 15 is 0 Å². The molecule has 1 N–H and O–H groups in total. The average molecular weight is 339 g/mol. The van der Waals surface area contributed by atoms with E-state index < -0.39 is 0 Å². The molecule has 0 spiro atoms. The summed E-state index contributed by atoms with van der Waals surface area (Å²) in [5, 5.41) is 2.82. The second-order valence-corrected chi connectivity index (χ2v) is 7.89. The first-order chi connectivity index (χ1) is 11.1. The summed E-state index contributed by atoms with van der Waals surface area (Å²) in [4.78, 5) is 40.3. The Hall–Kier alpha value is -1.59. The van der Waals surface area contributed by atoms with E-state index in [-0.39, 0.29) is 41.6 Å². The van der Waals surface area contributed by atoms with E-state index in [1.165, 1.54) is 0 Å². The van der Waals surface area contributed by atoms with E-state index in [0.29, 0.717) is 32.5 Å². The van der Waals surface area contributed by atoms with E-state index in [4.69, 9.17) is 0 Å². The predicted octanol–water partition coefficient (Wildman–Crippen LogP) is 1.64. The normalized spacial score (nSPS) is 16.2. The lowest BCUT2D eigenvalue weighted by atomic mass is 9.90. The van der Waals surface area contributed by atoms with Crippen molar-refractivity contribution in [3.8, 4) is 0 Å². The first-order valence-electron chi connectivity index (χ1n) is 8.93. The number of amides is 3. The number of carbonyl (C=O) groups is 3. The first-order valence-corrected chi connectivity index (χ1v) is 8.93. The van der Waals surface area contributed by atoms with Crippen LogP contribution in [0.4, 0.5) is 0 Å². The lowest BCUT2D eigenvalue weighted by Gasteiger charge is -2.36. The van der Waals surface area contributed by atoms with Gasteiger partial charge in [-0.3, -0.25) is 14.4 Å². The zero-order valence-corrected chi connectivity index (χ0v) is 16.0. The van der Waals surface area contributed by atoms with Crippen LogP contribution in [0.2, 0.25) is 0 Å². The highest BCUT2D eigenvalue weighted by Gasteiger charge is 2.33. The fraction of sp³-hybridized carbons (Fsp3) is 0.833. The molecule has 0 saturated carbocycles. The van der Waals surface area contributed by atoms with Crippen molar-refractivity contribution in [2.45, 2.75) is 60.4 Å². The summed E-state index contributed by atoms with van der Waals surface area (Å²) in [5.41, 5.74) is -0.388. The van der Waals surface area contributed by atoms with Crippen molar-refractivity contribution >= 4 is 17.7 Å². The van der Waals surface area contributed by atoms with Gasteiger partial charge in [0.05, 0.1) is 6.54 Å². The molecule has 0 aromatic rings. The van der Waals surface area contributed by atoms with Gasteiger partial charge in [0.1, 0.15) is 0 Å². The summed E-state index contributed by atoms with van der Waals surface area (Å²) in [6.45, 7) is 13.3. The van der Waals surface area contributed by atoms with Crippen molar-refractivity contribution in [2.24, 2.45) is 11.3 Å². The third kappa shape index (κ3) is 5.80. The van der Waals surface area contributed by atoms with Gasteiger partial charge in [-0.2, -0.15) is 0 Å². The molecule has 0 unspecified atom stereocenters. The fourth-order valence-corrected chi connectivity index (χ4v) is 2.95. The number of piperidine rings is 1. The lowest BCUT2D eigenvalue weighted by Crippen LogP contribution is -2.49. The Kier molecular flexibility index (Phi) is 7.24. The molecule has 1 aliphatic rings. The number of carbonyl (C=O) groups excluding carboxylic acids is 3. The van der Waals surface area contributed by atoms with E-state index in [1.807, 2.05) is 46.4 Å². The average Bonchev–Trinajstić information content (AvgIpc) is 2.49. The summed E-state index contributed by atoms with van der Waals surface area (Å²) in [6.07, 6.45) is 1.34. The van der Waals surface area contributed by atoms with Gasteiger partial charge in [0, 0.05) is 37.0 Å². The smallest absolute Gasteiger partial charge is 0.239 e. The molecule has 0 aromatic carbocycles. The molecule has 1 aliphatic heterocycles. The van der Waals surface area contributed by atoms with Crippen LogP contribution in [0.1, 0.15) is 54.4 Å². The molecule has 0 radical (unpaired) electrons. The van der Waals surface area contributed by atoms with Gasteiger partial charge in [0.2, 0.25) is 17.7 Å². The Morgan fingerprint density at radius 2 is 1.71 bits per heavy atom. The molecular weight excluding hydrogens is 306 g/mol. The minimum absolute atomic E-state index is 0.0271. The minimum atomic E-state index is -0.388. The van der Waals surface area contributed by atoms with Crippen molar-refractivity contribution in [1.82, 2.24) is 15.1 Å². The number of likely N-dealkylation sites (tertiary alicyclic amines) is 1.